The van der Waals surface area contributed by atoms with Gasteiger partial charge in [0.2, 0.25) is 0 Å². The second-order valence-electron chi connectivity index (χ2n) is 7.04. The molecule has 0 bridgehead atoms. The Morgan fingerprint density at radius 1 is 1.36 bits per heavy atom. The number of fused-ring (bicyclic) bond motifs is 3. The maximum atomic E-state index is 6.41. The number of aromatic nitrogens is 1. The number of hydrogen-bond donors (Lipinski definition) is 0. The topological polar surface area (TPSA) is 17.4 Å². The van der Waals surface area contributed by atoms with Crippen molar-refractivity contribution < 1.29 is 4.74 Å². The third-order valence-corrected chi connectivity index (χ3v) is 5.85. The molecule has 2 unspecified atom stereocenters. The molecule has 4 rings (SSSR count). The predicted molar refractivity (Wildman–Crippen MR) is 90.2 cm³/mol. The standard InChI is InChI=1S/C19H26N2O/c1-4-20(3)13-14-9-11-21-17-8-6-5-7-15(17)16-10-12-22-19(14,2)18(16)21/h5-8,14H,4,9-13H2,1-3H3. The Morgan fingerprint density at radius 3 is 3.00 bits per heavy atom. The Kier molecular flexibility index (Phi) is 3.31. The van der Waals surface area contributed by atoms with Crippen LogP contribution >= 0.6 is 0 Å². The molecule has 1 aromatic heterocycles. The van der Waals surface area contributed by atoms with Gasteiger partial charge >= 0.3 is 0 Å². The smallest absolute Gasteiger partial charge is 0.110 e. The number of rotatable bonds is 3. The summed E-state index contributed by atoms with van der Waals surface area (Å²) in [6.45, 7) is 8.75. The zero-order valence-electron chi connectivity index (χ0n) is 13.9. The molecule has 0 aliphatic carbocycles. The highest BCUT2D eigenvalue weighted by Gasteiger charge is 2.46. The van der Waals surface area contributed by atoms with Crippen molar-refractivity contribution in [2.45, 2.75) is 38.8 Å². The first-order valence-electron chi connectivity index (χ1n) is 8.58. The van der Waals surface area contributed by atoms with E-state index in [0.29, 0.717) is 5.92 Å². The van der Waals surface area contributed by atoms with E-state index in [0.717, 1.165) is 32.7 Å². The SMILES string of the molecule is CCN(C)CC1CCn2c3c(c4ccccc42)CCOC31C. The first-order chi connectivity index (χ1) is 10.6. The predicted octanol–water partition coefficient (Wildman–Crippen LogP) is 3.40. The lowest BCUT2D eigenvalue weighted by Crippen LogP contribution is -2.48. The van der Waals surface area contributed by atoms with E-state index >= 15 is 0 Å². The fourth-order valence-electron chi connectivity index (χ4n) is 4.50. The van der Waals surface area contributed by atoms with Crippen molar-refractivity contribution in [2.75, 3.05) is 26.7 Å². The van der Waals surface area contributed by atoms with Crippen LogP contribution in [0.2, 0.25) is 0 Å². The van der Waals surface area contributed by atoms with Gasteiger partial charge in [0.05, 0.1) is 12.3 Å². The van der Waals surface area contributed by atoms with Gasteiger partial charge in [-0.25, -0.2) is 0 Å². The van der Waals surface area contributed by atoms with Crippen molar-refractivity contribution in [3.05, 3.63) is 35.5 Å². The Morgan fingerprint density at radius 2 is 2.18 bits per heavy atom. The molecule has 2 aromatic rings. The maximum Gasteiger partial charge on any atom is 0.110 e. The first-order valence-corrected chi connectivity index (χ1v) is 8.58. The van der Waals surface area contributed by atoms with Gasteiger partial charge in [0.15, 0.2) is 0 Å². The summed E-state index contributed by atoms with van der Waals surface area (Å²) >= 11 is 0. The van der Waals surface area contributed by atoms with Crippen LogP contribution in [0.25, 0.3) is 10.9 Å². The van der Waals surface area contributed by atoms with Crippen molar-refractivity contribution in [1.82, 2.24) is 9.47 Å². The van der Waals surface area contributed by atoms with Gasteiger partial charge in [-0.2, -0.15) is 0 Å². The van der Waals surface area contributed by atoms with E-state index < -0.39 is 0 Å². The minimum atomic E-state index is -0.131. The van der Waals surface area contributed by atoms with Crippen LogP contribution in [0, 0.1) is 5.92 Å². The average Bonchev–Trinajstić information content (AvgIpc) is 2.87. The molecule has 0 fully saturated rings. The zero-order chi connectivity index (χ0) is 15.3. The van der Waals surface area contributed by atoms with Gasteiger partial charge < -0.3 is 14.2 Å². The van der Waals surface area contributed by atoms with E-state index in [1.165, 1.54) is 28.6 Å². The number of aryl methyl sites for hydroxylation is 1. The molecule has 3 nitrogen and oxygen atoms in total. The van der Waals surface area contributed by atoms with Gasteiger partial charge in [-0.15, -0.1) is 0 Å². The van der Waals surface area contributed by atoms with E-state index in [1.807, 2.05) is 0 Å². The van der Waals surface area contributed by atoms with Gasteiger partial charge in [-0.3, -0.25) is 0 Å². The Bertz CT molecular complexity index is 672. The Balaban J connectivity index is 1.87. The van der Waals surface area contributed by atoms with Crippen molar-refractivity contribution in [1.29, 1.82) is 0 Å². The normalized spacial score (nSPS) is 27.4. The third-order valence-electron chi connectivity index (χ3n) is 5.85. The number of ether oxygens (including phenoxy) is 1. The molecule has 0 amide bonds. The van der Waals surface area contributed by atoms with Crippen LogP contribution in [0.15, 0.2) is 24.3 Å². The lowest BCUT2D eigenvalue weighted by molar-refractivity contribution is -0.111. The molecule has 2 aliphatic rings. The molecular weight excluding hydrogens is 272 g/mol. The fourth-order valence-corrected chi connectivity index (χ4v) is 4.50. The monoisotopic (exact) mass is 298 g/mol. The van der Waals surface area contributed by atoms with E-state index in [9.17, 15) is 0 Å². The average molecular weight is 298 g/mol. The van der Waals surface area contributed by atoms with Crippen molar-refractivity contribution in [3.63, 3.8) is 0 Å². The molecule has 0 N–H and O–H groups in total. The van der Waals surface area contributed by atoms with Crippen LogP contribution in [0.4, 0.5) is 0 Å². The molecule has 3 heteroatoms. The summed E-state index contributed by atoms with van der Waals surface area (Å²) in [5.74, 6) is 0.577. The quantitative estimate of drug-likeness (QED) is 0.864. The minimum Gasteiger partial charge on any atom is -0.368 e. The van der Waals surface area contributed by atoms with Crippen LogP contribution in [0.1, 0.15) is 31.5 Å². The Hall–Kier alpha value is -1.32. The number of hydrogen-bond acceptors (Lipinski definition) is 2. The van der Waals surface area contributed by atoms with E-state index in [1.54, 1.807) is 0 Å². The van der Waals surface area contributed by atoms with Crippen LogP contribution < -0.4 is 0 Å². The highest BCUT2D eigenvalue weighted by atomic mass is 16.5. The molecule has 2 aliphatic heterocycles. The van der Waals surface area contributed by atoms with Gasteiger partial charge in [-0.1, -0.05) is 25.1 Å². The molecule has 0 saturated carbocycles. The second-order valence-corrected chi connectivity index (χ2v) is 7.04. The van der Waals surface area contributed by atoms with Gasteiger partial charge in [0.1, 0.15) is 5.60 Å². The molecule has 118 valence electrons. The summed E-state index contributed by atoms with van der Waals surface area (Å²) < 4.78 is 8.95. The van der Waals surface area contributed by atoms with E-state index in [-0.39, 0.29) is 5.60 Å². The maximum absolute atomic E-state index is 6.41. The Labute approximate surface area is 132 Å². The van der Waals surface area contributed by atoms with Crippen molar-refractivity contribution >= 4 is 10.9 Å². The summed E-state index contributed by atoms with van der Waals surface area (Å²) in [4.78, 5) is 2.42. The first kappa shape index (κ1) is 14.3. The summed E-state index contributed by atoms with van der Waals surface area (Å²) in [7, 11) is 2.22. The molecule has 3 heterocycles. The molecule has 2 atom stereocenters. The summed E-state index contributed by atoms with van der Waals surface area (Å²) in [5.41, 5.74) is 4.26. The molecule has 0 spiro atoms. The van der Waals surface area contributed by atoms with Gasteiger partial charge in [0.25, 0.3) is 0 Å². The fraction of sp³-hybridized carbons (Fsp3) is 0.579. The minimum absolute atomic E-state index is 0.131. The zero-order valence-corrected chi connectivity index (χ0v) is 13.9. The van der Waals surface area contributed by atoms with Gasteiger partial charge in [0, 0.05) is 29.9 Å². The lowest BCUT2D eigenvalue weighted by atomic mass is 9.77. The molecular formula is C19H26N2O. The molecule has 1 aromatic carbocycles. The largest absolute Gasteiger partial charge is 0.368 e. The van der Waals surface area contributed by atoms with E-state index in [2.05, 4.69) is 54.6 Å². The molecule has 0 saturated heterocycles. The summed E-state index contributed by atoms with van der Waals surface area (Å²) in [5, 5.41) is 1.44. The highest BCUT2D eigenvalue weighted by Crippen LogP contribution is 2.47. The van der Waals surface area contributed by atoms with Crippen molar-refractivity contribution in [3.8, 4) is 0 Å². The van der Waals surface area contributed by atoms with Crippen LogP contribution in [-0.2, 0) is 23.3 Å². The highest BCUT2D eigenvalue weighted by molar-refractivity contribution is 5.86. The van der Waals surface area contributed by atoms with Crippen molar-refractivity contribution in [2.24, 2.45) is 5.92 Å². The summed E-state index contributed by atoms with van der Waals surface area (Å²) in [6.07, 6.45) is 2.25. The number of benzene rings is 1. The second kappa shape index (κ2) is 5.10. The number of nitrogens with zero attached hydrogens (tertiary/aromatic N) is 2. The molecule has 22 heavy (non-hydrogen) atoms. The number of para-hydroxylation sites is 1. The van der Waals surface area contributed by atoms with Crippen LogP contribution in [-0.4, -0.2) is 36.2 Å². The van der Waals surface area contributed by atoms with Crippen LogP contribution in [0.3, 0.4) is 0 Å². The lowest BCUT2D eigenvalue weighted by Gasteiger charge is -2.46. The summed E-state index contributed by atoms with van der Waals surface area (Å²) in [6, 6.07) is 8.88. The van der Waals surface area contributed by atoms with E-state index in [4.69, 9.17) is 4.74 Å². The third kappa shape index (κ3) is 1.88. The molecule has 0 radical (unpaired) electrons. The van der Waals surface area contributed by atoms with Gasteiger partial charge in [-0.05, 0) is 45.0 Å². The van der Waals surface area contributed by atoms with Crippen LogP contribution in [0.5, 0.6) is 0 Å².